The van der Waals surface area contributed by atoms with Crippen molar-refractivity contribution in [1.29, 1.82) is 0 Å². The Bertz CT molecular complexity index is 469. The largest absolute Gasteiger partial charge is 0.378 e. The van der Waals surface area contributed by atoms with Crippen LogP contribution in [0.4, 0.5) is 0 Å². The monoisotopic (exact) mass is 289 g/mol. The normalized spacial score (nSPS) is 23.5. The molecule has 1 saturated heterocycles. The highest BCUT2D eigenvalue weighted by atomic mass is 16.5. The number of hydrogen-bond donors (Lipinski definition) is 1. The highest BCUT2D eigenvalue weighted by Crippen LogP contribution is 2.36. The van der Waals surface area contributed by atoms with E-state index in [4.69, 9.17) is 4.74 Å². The fourth-order valence-electron chi connectivity index (χ4n) is 3.60. The Labute approximate surface area is 130 Å². The van der Waals surface area contributed by atoms with Crippen molar-refractivity contribution in [1.82, 2.24) is 5.32 Å². The van der Waals surface area contributed by atoms with Gasteiger partial charge in [-0.2, -0.15) is 0 Å². The summed E-state index contributed by atoms with van der Waals surface area (Å²) in [6.45, 7) is 15.4. The van der Waals surface area contributed by atoms with Crippen molar-refractivity contribution in [2.24, 2.45) is 5.92 Å². The number of aryl methyl sites for hydroxylation is 2. The van der Waals surface area contributed by atoms with E-state index in [-0.39, 0.29) is 0 Å². The molecule has 1 aliphatic rings. The minimum absolute atomic E-state index is 0.396. The fourth-order valence-corrected chi connectivity index (χ4v) is 3.60. The van der Waals surface area contributed by atoms with Crippen LogP contribution in [0, 0.1) is 33.6 Å². The third-order valence-electron chi connectivity index (χ3n) is 5.05. The van der Waals surface area contributed by atoms with Crippen molar-refractivity contribution in [3.8, 4) is 0 Å². The van der Waals surface area contributed by atoms with E-state index < -0.39 is 0 Å². The number of rotatable bonds is 5. The lowest BCUT2D eigenvalue weighted by atomic mass is 9.83. The number of benzene rings is 1. The summed E-state index contributed by atoms with van der Waals surface area (Å²) in [4.78, 5) is 0. The molecule has 1 N–H and O–H groups in total. The van der Waals surface area contributed by atoms with Crippen LogP contribution in [0.15, 0.2) is 6.07 Å². The van der Waals surface area contributed by atoms with Crippen LogP contribution in [0.1, 0.15) is 60.5 Å². The third-order valence-corrected chi connectivity index (χ3v) is 5.05. The smallest absolute Gasteiger partial charge is 0.0551 e. The van der Waals surface area contributed by atoms with Crippen molar-refractivity contribution >= 4 is 0 Å². The predicted molar refractivity (Wildman–Crippen MR) is 89.9 cm³/mol. The van der Waals surface area contributed by atoms with Gasteiger partial charge in [-0.15, -0.1) is 0 Å². The second kappa shape index (κ2) is 6.93. The van der Waals surface area contributed by atoms with Crippen molar-refractivity contribution in [2.75, 3.05) is 13.2 Å². The molecule has 2 heteroatoms. The van der Waals surface area contributed by atoms with Gasteiger partial charge >= 0.3 is 0 Å². The quantitative estimate of drug-likeness (QED) is 0.868. The minimum Gasteiger partial charge on any atom is -0.378 e. The summed E-state index contributed by atoms with van der Waals surface area (Å²) in [6, 6.07) is 2.74. The van der Waals surface area contributed by atoms with Gasteiger partial charge < -0.3 is 10.1 Å². The molecule has 0 amide bonds. The van der Waals surface area contributed by atoms with Crippen molar-refractivity contribution in [3.05, 3.63) is 33.9 Å². The van der Waals surface area contributed by atoms with Gasteiger partial charge in [0.05, 0.1) is 12.7 Å². The van der Waals surface area contributed by atoms with Crippen LogP contribution in [0.5, 0.6) is 0 Å². The molecule has 1 fully saturated rings. The van der Waals surface area contributed by atoms with Gasteiger partial charge in [-0.25, -0.2) is 0 Å². The number of hydrogen-bond acceptors (Lipinski definition) is 2. The van der Waals surface area contributed by atoms with Crippen LogP contribution in [-0.2, 0) is 4.74 Å². The van der Waals surface area contributed by atoms with E-state index >= 15 is 0 Å². The summed E-state index contributed by atoms with van der Waals surface area (Å²) in [5, 5.41) is 3.80. The molecule has 2 nitrogen and oxygen atoms in total. The van der Waals surface area contributed by atoms with Gasteiger partial charge in [0.1, 0.15) is 0 Å². The van der Waals surface area contributed by atoms with Gasteiger partial charge in [0.25, 0.3) is 0 Å². The van der Waals surface area contributed by atoms with Crippen LogP contribution in [0.2, 0.25) is 0 Å². The molecule has 1 aromatic carbocycles. The Kier molecular flexibility index (Phi) is 5.45. The Morgan fingerprint density at radius 1 is 1.19 bits per heavy atom. The SMILES string of the molecule is CCCNC(c1c(C)c(C)cc(C)c1C)C1COC(C)C1. The van der Waals surface area contributed by atoms with E-state index in [2.05, 4.69) is 52.9 Å². The molecule has 0 bridgehead atoms. The Balaban J connectivity index is 2.41. The van der Waals surface area contributed by atoms with Gasteiger partial charge in [-0.1, -0.05) is 13.0 Å². The summed E-state index contributed by atoms with van der Waals surface area (Å²) in [6.07, 6.45) is 2.72. The summed E-state index contributed by atoms with van der Waals surface area (Å²) < 4.78 is 5.85. The van der Waals surface area contributed by atoms with Crippen LogP contribution in [0.25, 0.3) is 0 Å². The predicted octanol–water partition coefficient (Wildman–Crippen LogP) is 4.39. The molecule has 0 saturated carbocycles. The maximum atomic E-state index is 5.85. The van der Waals surface area contributed by atoms with Crippen LogP contribution >= 0.6 is 0 Å². The second-order valence-electron chi connectivity index (χ2n) is 6.75. The molecule has 0 aromatic heterocycles. The lowest BCUT2D eigenvalue weighted by Gasteiger charge is -2.29. The van der Waals surface area contributed by atoms with E-state index in [0.29, 0.717) is 18.1 Å². The molecule has 118 valence electrons. The van der Waals surface area contributed by atoms with E-state index in [1.54, 1.807) is 0 Å². The molecular formula is C19H31NO. The summed E-state index contributed by atoms with van der Waals surface area (Å²) in [5.41, 5.74) is 7.23. The first-order chi connectivity index (χ1) is 9.95. The summed E-state index contributed by atoms with van der Waals surface area (Å²) in [5.74, 6) is 0.588. The first-order valence-electron chi connectivity index (χ1n) is 8.38. The minimum atomic E-state index is 0.396. The first-order valence-corrected chi connectivity index (χ1v) is 8.38. The lowest BCUT2D eigenvalue weighted by molar-refractivity contribution is 0.117. The standard InChI is InChI=1S/C19H31NO/c1-7-8-20-19(17-10-14(4)21-11-17)18-15(5)12(2)9-13(3)16(18)6/h9,14,17,19-20H,7-8,10-11H2,1-6H3. The second-order valence-corrected chi connectivity index (χ2v) is 6.75. The molecular weight excluding hydrogens is 258 g/mol. The topological polar surface area (TPSA) is 21.3 Å². The average Bonchev–Trinajstić information content (AvgIpc) is 2.86. The molecule has 2 rings (SSSR count). The van der Waals surface area contributed by atoms with Gasteiger partial charge in [-0.3, -0.25) is 0 Å². The molecule has 0 radical (unpaired) electrons. The first kappa shape index (κ1) is 16.5. The Morgan fingerprint density at radius 3 is 2.29 bits per heavy atom. The average molecular weight is 289 g/mol. The zero-order valence-electron chi connectivity index (χ0n) is 14.5. The molecule has 3 unspecified atom stereocenters. The van der Waals surface area contributed by atoms with Crippen molar-refractivity contribution in [2.45, 2.75) is 66.5 Å². The molecule has 1 aromatic rings. The summed E-state index contributed by atoms with van der Waals surface area (Å²) >= 11 is 0. The van der Waals surface area contributed by atoms with Gasteiger partial charge in [-0.05, 0) is 81.8 Å². The molecule has 0 aliphatic carbocycles. The van der Waals surface area contributed by atoms with Crippen LogP contribution in [-0.4, -0.2) is 19.3 Å². The van der Waals surface area contributed by atoms with Gasteiger partial charge in [0, 0.05) is 12.0 Å². The van der Waals surface area contributed by atoms with Gasteiger partial charge in [0.15, 0.2) is 0 Å². The van der Waals surface area contributed by atoms with E-state index in [0.717, 1.165) is 19.6 Å². The lowest BCUT2D eigenvalue weighted by Crippen LogP contribution is -2.31. The molecule has 3 atom stereocenters. The number of nitrogens with one attached hydrogen (secondary N) is 1. The van der Waals surface area contributed by atoms with Gasteiger partial charge in [0.2, 0.25) is 0 Å². The molecule has 21 heavy (non-hydrogen) atoms. The highest BCUT2D eigenvalue weighted by Gasteiger charge is 2.32. The van der Waals surface area contributed by atoms with E-state index in [1.165, 1.54) is 34.2 Å². The maximum absolute atomic E-state index is 5.85. The third kappa shape index (κ3) is 3.49. The number of ether oxygens (including phenoxy) is 1. The Morgan fingerprint density at radius 2 is 1.81 bits per heavy atom. The van der Waals surface area contributed by atoms with Crippen molar-refractivity contribution in [3.63, 3.8) is 0 Å². The molecule has 1 aliphatic heterocycles. The van der Waals surface area contributed by atoms with Crippen molar-refractivity contribution < 1.29 is 4.74 Å². The maximum Gasteiger partial charge on any atom is 0.0551 e. The fraction of sp³-hybridized carbons (Fsp3) is 0.684. The van der Waals surface area contributed by atoms with Crippen LogP contribution < -0.4 is 5.32 Å². The summed E-state index contributed by atoms with van der Waals surface area (Å²) in [7, 11) is 0. The van der Waals surface area contributed by atoms with E-state index in [9.17, 15) is 0 Å². The Hall–Kier alpha value is -0.860. The molecule has 1 heterocycles. The zero-order chi connectivity index (χ0) is 15.6. The molecule has 0 spiro atoms. The highest BCUT2D eigenvalue weighted by molar-refractivity contribution is 5.46. The zero-order valence-corrected chi connectivity index (χ0v) is 14.5. The van der Waals surface area contributed by atoms with E-state index in [1.807, 2.05) is 0 Å². The van der Waals surface area contributed by atoms with Crippen LogP contribution in [0.3, 0.4) is 0 Å².